The minimum absolute atomic E-state index is 0.188. The SMILES string of the molecule is CC(=O)C(C1=NCCN1)[N+](=O)[O-]. The molecule has 0 spiro atoms. The molecule has 1 aliphatic rings. The Morgan fingerprint density at radius 3 is 2.83 bits per heavy atom. The number of aliphatic imine (C=N–C) groups is 1. The van der Waals surface area contributed by atoms with Crippen molar-refractivity contribution in [1.29, 1.82) is 0 Å². The number of carbonyl (C=O) groups excluding carboxylic acids is 1. The van der Waals surface area contributed by atoms with E-state index in [1.165, 1.54) is 6.92 Å². The lowest BCUT2D eigenvalue weighted by Gasteiger charge is -2.05. The van der Waals surface area contributed by atoms with Crippen molar-refractivity contribution >= 4 is 11.6 Å². The van der Waals surface area contributed by atoms with Crippen LogP contribution in [0.2, 0.25) is 0 Å². The van der Waals surface area contributed by atoms with Crippen LogP contribution < -0.4 is 5.32 Å². The summed E-state index contributed by atoms with van der Waals surface area (Å²) in [4.78, 5) is 24.4. The number of ketones is 1. The van der Waals surface area contributed by atoms with Crippen LogP contribution in [-0.4, -0.2) is 35.7 Å². The molecule has 1 unspecified atom stereocenters. The summed E-state index contributed by atoms with van der Waals surface area (Å²) < 4.78 is 0. The second-order valence-corrected chi connectivity index (χ2v) is 2.49. The Hall–Kier alpha value is -1.46. The fraction of sp³-hybridized carbons (Fsp3) is 0.667. The van der Waals surface area contributed by atoms with Crippen molar-refractivity contribution in [1.82, 2.24) is 5.32 Å². The monoisotopic (exact) mass is 171 g/mol. The molecule has 12 heavy (non-hydrogen) atoms. The Balaban J connectivity index is 2.78. The van der Waals surface area contributed by atoms with E-state index in [0.29, 0.717) is 13.1 Å². The topological polar surface area (TPSA) is 84.6 Å². The maximum absolute atomic E-state index is 10.8. The molecule has 6 heteroatoms. The first-order valence-corrected chi connectivity index (χ1v) is 3.55. The molecule has 0 bridgehead atoms. The van der Waals surface area contributed by atoms with Crippen molar-refractivity contribution in [3.63, 3.8) is 0 Å². The molecule has 0 saturated carbocycles. The number of nitrogens with zero attached hydrogens (tertiary/aromatic N) is 2. The van der Waals surface area contributed by atoms with E-state index in [2.05, 4.69) is 10.3 Å². The lowest BCUT2D eigenvalue weighted by atomic mass is 10.2. The van der Waals surface area contributed by atoms with Crippen molar-refractivity contribution < 1.29 is 9.72 Å². The van der Waals surface area contributed by atoms with Gasteiger partial charge in [0.05, 0.1) is 6.54 Å². The Kier molecular flexibility index (Phi) is 2.37. The molecule has 6 nitrogen and oxygen atoms in total. The van der Waals surface area contributed by atoms with Crippen molar-refractivity contribution in [2.45, 2.75) is 13.0 Å². The molecule has 0 aromatic heterocycles. The molecular weight excluding hydrogens is 162 g/mol. The summed E-state index contributed by atoms with van der Waals surface area (Å²) in [5, 5.41) is 13.1. The number of nitro groups is 1. The number of Topliss-reactive ketones (excluding diaryl/α,β-unsaturated/α-hetero) is 1. The Morgan fingerprint density at radius 2 is 2.50 bits per heavy atom. The van der Waals surface area contributed by atoms with Crippen LogP contribution in [-0.2, 0) is 4.79 Å². The molecule has 1 aliphatic heterocycles. The van der Waals surface area contributed by atoms with Crippen LogP contribution in [0.25, 0.3) is 0 Å². The molecule has 1 N–H and O–H groups in total. The van der Waals surface area contributed by atoms with Gasteiger partial charge in [-0.2, -0.15) is 0 Å². The molecule has 1 rings (SSSR count). The van der Waals surface area contributed by atoms with E-state index in [1.54, 1.807) is 0 Å². The maximum Gasteiger partial charge on any atom is 0.325 e. The maximum atomic E-state index is 10.8. The molecule has 0 radical (unpaired) electrons. The van der Waals surface area contributed by atoms with Gasteiger partial charge < -0.3 is 5.32 Å². The quantitative estimate of drug-likeness (QED) is 0.446. The van der Waals surface area contributed by atoms with Crippen molar-refractivity contribution in [2.24, 2.45) is 4.99 Å². The molecule has 1 heterocycles. The van der Waals surface area contributed by atoms with Gasteiger partial charge in [-0.1, -0.05) is 0 Å². The van der Waals surface area contributed by atoms with Gasteiger partial charge in [-0.25, -0.2) is 0 Å². The summed E-state index contributed by atoms with van der Waals surface area (Å²) in [6.07, 6.45) is 0. The van der Waals surface area contributed by atoms with Crippen molar-refractivity contribution in [3.05, 3.63) is 10.1 Å². The average Bonchev–Trinajstić information content (AvgIpc) is 2.37. The van der Waals surface area contributed by atoms with E-state index in [4.69, 9.17) is 0 Å². The minimum atomic E-state index is -1.30. The summed E-state index contributed by atoms with van der Waals surface area (Å²) in [5.41, 5.74) is 0. The zero-order chi connectivity index (χ0) is 9.14. The second kappa shape index (κ2) is 3.29. The third kappa shape index (κ3) is 1.58. The van der Waals surface area contributed by atoms with Gasteiger partial charge in [0.15, 0.2) is 5.84 Å². The highest BCUT2D eigenvalue weighted by Crippen LogP contribution is 1.98. The van der Waals surface area contributed by atoms with Gasteiger partial charge in [0, 0.05) is 18.4 Å². The van der Waals surface area contributed by atoms with Crippen LogP contribution >= 0.6 is 0 Å². The third-order valence-electron chi connectivity index (χ3n) is 1.55. The third-order valence-corrected chi connectivity index (χ3v) is 1.55. The first-order valence-electron chi connectivity index (χ1n) is 3.55. The van der Waals surface area contributed by atoms with E-state index in [9.17, 15) is 14.9 Å². The molecule has 0 amide bonds. The van der Waals surface area contributed by atoms with Gasteiger partial charge in [0.1, 0.15) is 0 Å². The van der Waals surface area contributed by atoms with Gasteiger partial charge in [-0.3, -0.25) is 19.9 Å². The summed E-state index contributed by atoms with van der Waals surface area (Å²) >= 11 is 0. The zero-order valence-electron chi connectivity index (χ0n) is 6.61. The van der Waals surface area contributed by atoms with Gasteiger partial charge in [-0.05, 0) is 0 Å². The predicted molar refractivity (Wildman–Crippen MR) is 41.8 cm³/mol. The minimum Gasteiger partial charge on any atom is -0.366 e. The lowest BCUT2D eigenvalue weighted by Crippen LogP contribution is -2.42. The Morgan fingerprint density at radius 1 is 1.83 bits per heavy atom. The van der Waals surface area contributed by atoms with E-state index in [-0.39, 0.29) is 5.84 Å². The summed E-state index contributed by atoms with van der Waals surface area (Å²) in [5.74, 6) is -0.305. The number of nitrogens with one attached hydrogen (secondary N) is 1. The van der Waals surface area contributed by atoms with Crippen molar-refractivity contribution in [3.8, 4) is 0 Å². The van der Waals surface area contributed by atoms with Gasteiger partial charge in [0.2, 0.25) is 5.78 Å². The standard InChI is InChI=1S/C6H9N3O3/c1-4(10)5(9(11)12)6-7-2-3-8-6/h5H,2-3H2,1H3,(H,7,8). The highest BCUT2D eigenvalue weighted by Gasteiger charge is 2.33. The highest BCUT2D eigenvalue weighted by molar-refractivity contribution is 6.06. The molecule has 66 valence electrons. The fourth-order valence-corrected chi connectivity index (χ4v) is 1.04. The first-order chi connectivity index (χ1) is 5.63. The van der Waals surface area contributed by atoms with Crippen LogP contribution in [0.3, 0.4) is 0 Å². The van der Waals surface area contributed by atoms with E-state index >= 15 is 0 Å². The number of rotatable bonds is 3. The smallest absolute Gasteiger partial charge is 0.325 e. The molecule has 1 atom stereocenters. The molecule has 0 fully saturated rings. The van der Waals surface area contributed by atoms with Crippen LogP contribution in [0, 0.1) is 10.1 Å². The van der Waals surface area contributed by atoms with Crippen molar-refractivity contribution in [2.75, 3.05) is 13.1 Å². The summed E-state index contributed by atoms with van der Waals surface area (Å²) in [7, 11) is 0. The first kappa shape index (κ1) is 8.63. The number of hydrogen-bond donors (Lipinski definition) is 1. The fourth-order valence-electron chi connectivity index (χ4n) is 1.04. The Bertz CT molecular complexity index is 234. The van der Waals surface area contributed by atoms with Crippen LogP contribution in [0.5, 0.6) is 0 Å². The average molecular weight is 171 g/mol. The normalized spacial score (nSPS) is 17.9. The van der Waals surface area contributed by atoms with Crippen LogP contribution in [0.1, 0.15) is 6.92 Å². The molecule has 0 aliphatic carbocycles. The van der Waals surface area contributed by atoms with Gasteiger partial charge >= 0.3 is 6.04 Å². The van der Waals surface area contributed by atoms with Crippen LogP contribution in [0.4, 0.5) is 0 Å². The molecule has 0 saturated heterocycles. The second-order valence-electron chi connectivity index (χ2n) is 2.49. The van der Waals surface area contributed by atoms with Crippen LogP contribution in [0.15, 0.2) is 4.99 Å². The number of amidine groups is 1. The summed E-state index contributed by atoms with van der Waals surface area (Å²) in [6.45, 7) is 2.27. The number of hydrogen-bond acceptors (Lipinski definition) is 5. The van der Waals surface area contributed by atoms with E-state index in [0.717, 1.165) is 0 Å². The Labute approximate surface area is 68.8 Å². The molecular formula is C6H9N3O3. The molecule has 0 aromatic rings. The largest absolute Gasteiger partial charge is 0.366 e. The van der Waals surface area contributed by atoms with E-state index in [1.807, 2.05) is 0 Å². The van der Waals surface area contributed by atoms with E-state index < -0.39 is 16.7 Å². The molecule has 0 aromatic carbocycles. The summed E-state index contributed by atoms with van der Waals surface area (Å²) in [6, 6.07) is -1.30. The van der Waals surface area contributed by atoms with Gasteiger partial charge in [-0.15, -0.1) is 0 Å². The van der Waals surface area contributed by atoms with Gasteiger partial charge in [0.25, 0.3) is 0 Å². The predicted octanol–water partition coefficient (Wildman–Crippen LogP) is -0.778. The lowest BCUT2D eigenvalue weighted by molar-refractivity contribution is -0.489. The zero-order valence-corrected chi connectivity index (χ0v) is 6.61. The highest BCUT2D eigenvalue weighted by atomic mass is 16.6. The number of carbonyl (C=O) groups is 1.